The van der Waals surface area contributed by atoms with Gasteiger partial charge in [-0.25, -0.2) is 0 Å². The number of rotatable bonds is 4. The van der Waals surface area contributed by atoms with E-state index in [1.54, 1.807) is 0 Å². The number of nitrogens with zero attached hydrogens (tertiary/aromatic N) is 2. The minimum absolute atomic E-state index is 1.10. The van der Waals surface area contributed by atoms with Crippen molar-refractivity contribution in [2.24, 2.45) is 0 Å². The highest BCUT2D eigenvalue weighted by molar-refractivity contribution is 9.11. The second-order valence-electron chi connectivity index (χ2n) is 7.11. The number of aryl methyl sites for hydroxylation is 1. The molecule has 0 fully saturated rings. The maximum atomic E-state index is 3.80. The van der Waals surface area contributed by atoms with Gasteiger partial charge in [0.05, 0.1) is 0 Å². The summed E-state index contributed by atoms with van der Waals surface area (Å²) in [5, 5.41) is 0. The van der Waals surface area contributed by atoms with Gasteiger partial charge in [0, 0.05) is 48.5 Å². The van der Waals surface area contributed by atoms with Gasteiger partial charge < -0.3 is 9.80 Å². The fraction of sp³-hybridized carbons (Fsp3) is 0.217. The normalized spacial score (nSPS) is 10.8. The molecule has 0 heterocycles. The SMILES string of the molecule is Cc1cccc(-c2ccc(N(C)C)cc2Br)c1-c1ccc(N(C)C)cc1Br. The summed E-state index contributed by atoms with van der Waals surface area (Å²) in [6.07, 6.45) is 0. The van der Waals surface area contributed by atoms with Crippen molar-refractivity contribution < 1.29 is 0 Å². The Balaban J connectivity index is 2.20. The highest BCUT2D eigenvalue weighted by atomic mass is 79.9. The van der Waals surface area contributed by atoms with Crippen molar-refractivity contribution in [3.63, 3.8) is 0 Å². The van der Waals surface area contributed by atoms with Crippen LogP contribution in [0.3, 0.4) is 0 Å². The number of hydrogen-bond donors (Lipinski definition) is 0. The molecule has 27 heavy (non-hydrogen) atoms. The molecule has 0 aromatic heterocycles. The number of hydrogen-bond acceptors (Lipinski definition) is 2. The summed E-state index contributed by atoms with van der Waals surface area (Å²) >= 11 is 7.58. The van der Waals surface area contributed by atoms with Gasteiger partial charge in [-0.05, 0) is 59.0 Å². The zero-order chi connectivity index (χ0) is 19.7. The molecule has 0 atom stereocenters. The van der Waals surface area contributed by atoms with Crippen LogP contribution in [0.15, 0.2) is 63.5 Å². The molecule has 3 aromatic rings. The van der Waals surface area contributed by atoms with E-state index in [4.69, 9.17) is 0 Å². The fourth-order valence-corrected chi connectivity index (χ4v) is 4.38. The molecule has 3 rings (SSSR count). The predicted molar refractivity (Wildman–Crippen MR) is 126 cm³/mol. The molecule has 0 spiro atoms. The Morgan fingerprint density at radius 3 is 1.63 bits per heavy atom. The lowest BCUT2D eigenvalue weighted by Gasteiger charge is -2.19. The molecule has 4 heteroatoms. The molecule has 0 unspecified atom stereocenters. The minimum atomic E-state index is 1.10. The summed E-state index contributed by atoms with van der Waals surface area (Å²) in [6, 6.07) is 19.6. The van der Waals surface area contributed by atoms with Crippen LogP contribution in [0.5, 0.6) is 0 Å². The second-order valence-corrected chi connectivity index (χ2v) is 8.82. The van der Waals surface area contributed by atoms with Crippen LogP contribution in [0.1, 0.15) is 5.56 Å². The van der Waals surface area contributed by atoms with E-state index in [0.717, 1.165) is 8.95 Å². The third kappa shape index (κ3) is 4.07. The Morgan fingerprint density at radius 2 is 1.15 bits per heavy atom. The Kier molecular flexibility index (Phi) is 5.97. The van der Waals surface area contributed by atoms with Crippen LogP contribution in [-0.2, 0) is 0 Å². The van der Waals surface area contributed by atoms with Crippen molar-refractivity contribution in [3.8, 4) is 22.3 Å². The van der Waals surface area contributed by atoms with E-state index in [1.165, 1.54) is 39.2 Å². The van der Waals surface area contributed by atoms with E-state index < -0.39 is 0 Å². The van der Waals surface area contributed by atoms with Crippen molar-refractivity contribution in [3.05, 3.63) is 69.1 Å². The van der Waals surface area contributed by atoms with E-state index in [2.05, 4.69) is 131 Å². The zero-order valence-corrected chi connectivity index (χ0v) is 19.5. The summed E-state index contributed by atoms with van der Waals surface area (Å²) in [5.41, 5.74) is 8.50. The van der Waals surface area contributed by atoms with Crippen molar-refractivity contribution in [2.75, 3.05) is 38.0 Å². The lowest BCUT2D eigenvalue weighted by Crippen LogP contribution is -2.08. The van der Waals surface area contributed by atoms with Gasteiger partial charge in [-0.1, -0.05) is 62.2 Å². The topological polar surface area (TPSA) is 6.48 Å². The molecule has 3 aromatic carbocycles. The van der Waals surface area contributed by atoms with Crippen LogP contribution < -0.4 is 9.80 Å². The minimum Gasteiger partial charge on any atom is -0.378 e. The Labute approximate surface area is 179 Å². The molecule has 0 saturated heterocycles. The van der Waals surface area contributed by atoms with Crippen molar-refractivity contribution in [1.29, 1.82) is 0 Å². The number of halogens is 2. The maximum absolute atomic E-state index is 3.80. The molecule has 0 N–H and O–H groups in total. The highest BCUT2D eigenvalue weighted by Crippen LogP contribution is 2.42. The molecule has 0 radical (unpaired) electrons. The average Bonchev–Trinajstić information content (AvgIpc) is 2.61. The molecular formula is C23H24Br2N2. The molecule has 2 nitrogen and oxygen atoms in total. The monoisotopic (exact) mass is 486 g/mol. The first kappa shape index (κ1) is 20.0. The van der Waals surface area contributed by atoms with Gasteiger partial charge >= 0.3 is 0 Å². The number of anilines is 2. The maximum Gasteiger partial charge on any atom is 0.0372 e. The van der Waals surface area contributed by atoms with E-state index in [0.29, 0.717) is 0 Å². The smallest absolute Gasteiger partial charge is 0.0372 e. The van der Waals surface area contributed by atoms with E-state index in [1.807, 2.05) is 0 Å². The average molecular weight is 488 g/mol. The first-order chi connectivity index (χ1) is 12.8. The van der Waals surface area contributed by atoms with Crippen LogP contribution in [-0.4, -0.2) is 28.2 Å². The first-order valence-electron chi connectivity index (χ1n) is 8.83. The predicted octanol–water partition coefficient (Wildman–Crippen LogP) is 6.99. The van der Waals surface area contributed by atoms with Crippen LogP contribution >= 0.6 is 31.9 Å². The largest absolute Gasteiger partial charge is 0.378 e. The molecular weight excluding hydrogens is 464 g/mol. The van der Waals surface area contributed by atoms with Gasteiger partial charge in [0.1, 0.15) is 0 Å². The van der Waals surface area contributed by atoms with Crippen molar-refractivity contribution in [1.82, 2.24) is 0 Å². The van der Waals surface area contributed by atoms with E-state index in [9.17, 15) is 0 Å². The molecule has 0 aliphatic rings. The zero-order valence-electron chi connectivity index (χ0n) is 16.3. The molecule has 0 aliphatic heterocycles. The highest BCUT2D eigenvalue weighted by Gasteiger charge is 2.16. The van der Waals surface area contributed by atoms with E-state index >= 15 is 0 Å². The molecule has 0 aliphatic carbocycles. The van der Waals surface area contributed by atoms with Gasteiger partial charge in [0.2, 0.25) is 0 Å². The molecule has 140 valence electrons. The molecule has 0 saturated carbocycles. The third-order valence-electron chi connectivity index (χ3n) is 4.77. The van der Waals surface area contributed by atoms with Crippen molar-refractivity contribution >= 4 is 43.2 Å². The van der Waals surface area contributed by atoms with Gasteiger partial charge in [-0.3, -0.25) is 0 Å². The third-order valence-corrected chi connectivity index (χ3v) is 6.08. The summed E-state index contributed by atoms with van der Waals surface area (Å²) in [5.74, 6) is 0. The first-order valence-corrected chi connectivity index (χ1v) is 10.4. The lowest BCUT2D eigenvalue weighted by molar-refractivity contribution is 1.13. The Hall–Kier alpha value is -1.78. The standard InChI is InChI=1S/C23H24Br2N2/c1-15-7-6-8-19(18-11-9-16(26(2)3)13-21(18)24)23(15)20-12-10-17(27(4)5)14-22(20)25/h6-14H,1-5H3. The molecule has 0 bridgehead atoms. The second kappa shape index (κ2) is 8.07. The summed E-state index contributed by atoms with van der Waals surface area (Å²) in [6.45, 7) is 2.17. The number of benzene rings is 3. The summed E-state index contributed by atoms with van der Waals surface area (Å²) in [4.78, 5) is 4.23. The molecule has 0 amide bonds. The summed E-state index contributed by atoms with van der Waals surface area (Å²) in [7, 11) is 8.24. The quantitative estimate of drug-likeness (QED) is 0.391. The van der Waals surface area contributed by atoms with Crippen LogP contribution in [0.4, 0.5) is 11.4 Å². The Bertz CT molecular complexity index is 978. The van der Waals surface area contributed by atoms with Crippen LogP contribution in [0, 0.1) is 6.92 Å². The van der Waals surface area contributed by atoms with Crippen molar-refractivity contribution in [2.45, 2.75) is 6.92 Å². The van der Waals surface area contributed by atoms with Gasteiger partial charge in [-0.2, -0.15) is 0 Å². The van der Waals surface area contributed by atoms with E-state index in [-0.39, 0.29) is 0 Å². The van der Waals surface area contributed by atoms with Gasteiger partial charge in [0.25, 0.3) is 0 Å². The van der Waals surface area contributed by atoms with Gasteiger partial charge in [-0.15, -0.1) is 0 Å². The Morgan fingerprint density at radius 1 is 0.630 bits per heavy atom. The van der Waals surface area contributed by atoms with Crippen LogP contribution in [0.25, 0.3) is 22.3 Å². The van der Waals surface area contributed by atoms with Gasteiger partial charge in [0.15, 0.2) is 0 Å². The van der Waals surface area contributed by atoms with Crippen LogP contribution in [0.2, 0.25) is 0 Å². The fourth-order valence-electron chi connectivity index (χ4n) is 3.24. The summed E-state index contributed by atoms with van der Waals surface area (Å²) < 4.78 is 2.20. The lowest BCUT2D eigenvalue weighted by atomic mass is 9.91.